The van der Waals surface area contributed by atoms with E-state index in [1.54, 1.807) is 6.20 Å². The molecule has 1 heterocycles. The number of pyridine rings is 1. The summed E-state index contributed by atoms with van der Waals surface area (Å²) in [5.74, 6) is 0.347. The van der Waals surface area contributed by atoms with Gasteiger partial charge in [0, 0.05) is 6.04 Å². The highest BCUT2D eigenvalue weighted by molar-refractivity contribution is 6.30. The summed E-state index contributed by atoms with van der Waals surface area (Å²) < 4.78 is 12.9. The van der Waals surface area contributed by atoms with Gasteiger partial charge in [-0.3, -0.25) is 0 Å². The van der Waals surface area contributed by atoms with Crippen LogP contribution in [0.5, 0.6) is 0 Å². The van der Waals surface area contributed by atoms with Crippen LogP contribution >= 0.6 is 11.6 Å². The molecule has 0 amide bonds. The second kappa shape index (κ2) is 5.41. The van der Waals surface area contributed by atoms with Crippen molar-refractivity contribution >= 4 is 17.3 Å². The molecule has 2 nitrogen and oxygen atoms in total. The monoisotopic (exact) mass is 290 g/mol. The molecule has 104 valence electrons. The molecule has 20 heavy (non-hydrogen) atoms. The largest absolute Gasteiger partial charge is 0.381 e. The molecule has 1 N–H and O–H groups in total. The van der Waals surface area contributed by atoms with Crippen molar-refractivity contribution in [3.05, 3.63) is 58.6 Å². The van der Waals surface area contributed by atoms with Gasteiger partial charge in [-0.25, -0.2) is 9.37 Å². The van der Waals surface area contributed by atoms with Crippen LogP contribution in [0.4, 0.5) is 10.1 Å². The molecule has 2 aromatic rings. The highest BCUT2D eigenvalue weighted by Gasteiger charge is 2.30. The van der Waals surface area contributed by atoms with E-state index in [-0.39, 0.29) is 5.82 Å². The standard InChI is InChI=1S/C16H16ClFN2/c1-10-6-15(9-19-16(10)17)20-14-7-12(8-14)11-2-4-13(18)5-3-11/h2-6,9,12,14,20H,7-8H2,1H3. The zero-order valence-electron chi connectivity index (χ0n) is 11.2. The first kappa shape index (κ1) is 13.4. The van der Waals surface area contributed by atoms with Crippen LogP contribution in [0.15, 0.2) is 36.5 Å². The minimum Gasteiger partial charge on any atom is -0.381 e. The predicted octanol–water partition coefficient (Wildman–Crippen LogP) is 4.54. The molecule has 1 saturated carbocycles. The fraction of sp³-hybridized carbons (Fsp3) is 0.312. The summed E-state index contributed by atoms with van der Waals surface area (Å²) in [6.45, 7) is 1.95. The number of nitrogens with one attached hydrogen (secondary N) is 1. The van der Waals surface area contributed by atoms with E-state index in [0.717, 1.165) is 24.1 Å². The lowest BCUT2D eigenvalue weighted by Gasteiger charge is -2.36. The summed E-state index contributed by atoms with van der Waals surface area (Å²) in [5, 5.41) is 4.01. The first-order valence-electron chi connectivity index (χ1n) is 6.76. The molecule has 0 saturated heterocycles. The smallest absolute Gasteiger partial charge is 0.132 e. The zero-order chi connectivity index (χ0) is 14.1. The molecule has 3 rings (SSSR count). The van der Waals surface area contributed by atoms with Crippen LogP contribution in [0.2, 0.25) is 5.15 Å². The maximum absolute atomic E-state index is 12.9. The van der Waals surface area contributed by atoms with Crippen molar-refractivity contribution < 1.29 is 4.39 Å². The van der Waals surface area contributed by atoms with Crippen LogP contribution in [0.1, 0.15) is 29.9 Å². The van der Waals surface area contributed by atoms with E-state index < -0.39 is 0 Å². The lowest BCUT2D eigenvalue weighted by Crippen LogP contribution is -2.34. The van der Waals surface area contributed by atoms with E-state index in [0.29, 0.717) is 17.1 Å². The molecule has 4 heteroatoms. The third kappa shape index (κ3) is 2.78. The van der Waals surface area contributed by atoms with Crippen LogP contribution in [-0.4, -0.2) is 11.0 Å². The number of hydrogen-bond donors (Lipinski definition) is 1. The first-order valence-corrected chi connectivity index (χ1v) is 7.14. The summed E-state index contributed by atoms with van der Waals surface area (Å²) in [6, 6.07) is 9.28. The van der Waals surface area contributed by atoms with Gasteiger partial charge >= 0.3 is 0 Å². The van der Waals surface area contributed by atoms with Gasteiger partial charge < -0.3 is 5.32 Å². The molecule has 1 fully saturated rings. The Balaban J connectivity index is 1.58. The summed E-state index contributed by atoms with van der Waals surface area (Å²) in [4.78, 5) is 4.14. The van der Waals surface area contributed by atoms with E-state index in [4.69, 9.17) is 11.6 Å². The summed E-state index contributed by atoms with van der Waals surface area (Å²) in [7, 11) is 0. The second-order valence-electron chi connectivity index (χ2n) is 5.39. The van der Waals surface area contributed by atoms with Crippen LogP contribution < -0.4 is 5.32 Å². The Morgan fingerprint density at radius 2 is 1.95 bits per heavy atom. The van der Waals surface area contributed by atoms with Gasteiger partial charge in [0.2, 0.25) is 0 Å². The van der Waals surface area contributed by atoms with Crippen LogP contribution in [0, 0.1) is 12.7 Å². The average Bonchev–Trinajstić information content (AvgIpc) is 2.39. The molecule has 1 aliphatic rings. The van der Waals surface area contributed by atoms with Crippen LogP contribution in [0.25, 0.3) is 0 Å². The summed E-state index contributed by atoms with van der Waals surface area (Å²) >= 11 is 5.91. The van der Waals surface area contributed by atoms with Gasteiger partial charge in [-0.1, -0.05) is 23.7 Å². The zero-order valence-corrected chi connectivity index (χ0v) is 12.0. The lowest BCUT2D eigenvalue weighted by molar-refractivity contribution is 0.374. The molecule has 1 aromatic carbocycles. The van der Waals surface area contributed by atoms with Gasteiger partial charge in [0.15, 0.2) is 0 Å². The maximum Gasteiger partial charge on any atom is 0.132 e. The van der Waals surface area contributed by atoms with Crippen molar-refractivity contribution in [3.8, 4) is 0 Å². The highest BCUT2D eigenvalue weighted by atomic mass is 35.5. The molecule has 0 atom stereocenters. The number of rotatable bonds is 3. The fourth-order valence-electron chi connectivity index (χ4n) is 2.62. The molecule has 1 aliphatic carbocycles. The number of aromatic nitrogens is 1. The molecule has 0 spiro atoms. The first-order chi connectivity index (χ1) is 9.61. The Bertz CT molecular complexity index is 606. The van der Waals surface area contributed by atoms with Gasteiger partial charge in [-0.05, 0) is 55.0 Å². The Morgan fingerprint density at radius 3 is 2.60 bits per heavy atom. The second-order valence-corrected chi connectivity index (χ2v) is 5.75. The Hall–Kier alpha value is -1.61. The quantitative estimate of drug-likeness (QED) is 0.840. The van der Waals surface area contributed by atoms with Crippen molar-refractivity contribution in [3.63, 3.8) is 0 Å². The van der Waals surface area contributed by atoms with Crippen molar-refractivity contribution in [1.82, 2.24) is 4.98 Å². The van der Waals surface area contributed by atoms with Crippen molar-refractivity contribution in [2.45, 2.75) is 31.7 Å². The van der Waals surface area contributed by atoms with Gasteiger partial charge in [0.05, 0.1) is 11.9 Å². The van der Waals surface area contributed by atoms with E-state index in [9.17, 15) is 4.39 Å². The Kier molecular flexibility index (Phi) is 3.62. The van der Waals surface area contributed by atoms with Gasteiger partial charge in [-0.2, -0.15) is 0 Å². The molecule has 0 unspecified atom stereocenters. The number of hydrogen-bond acceptors (Lipinski definition) is 2. The van der Waals surface area contributed by atoms with Gasteiger partial charge in [0.25, 0.3) is 0 Å². The SMILES string of the molecule is Cc1cc(NC2CC(c3ccc(F)cc3)C2)cnc1Cl. The van der Waals surface area contributed by atoms with Crippen LogP contribution in [0.3, 0.4) is 0 Å². The normalized spacial score (nSPS) is 21.4. The summed E-state index contributed by atoms with van der Waals surface area (Å²) in [6.07, 6.45) is 3.89. The average molecular weight is 291 g/mol. The fourth-order valence-corrected chi connectivity index (χ4v) is 2.72. The van der Waals surface area contributed by atoms with E-state index in [1.807, 2.05) is 25.1 Å². The number of aryl methyl sites for hydroxylation is 1. The van der Waals surface area contributed by atoms with E-state index >= 15 is 0 Å². The molecule has 0 bridgehead atoms. The molecule has 0 radical (unpaired) electrons. The van der Waals surface area contributed by atoms with Gasteiger partial charge in [-0.15, -0.1) is 0 Å². The highest BCUT2D eigenvalue weighted by Crippen LogP contribution is 2.38. The Morgan fingerprint density at radius 1 is 1.25 bits per heavy atom. The predicted molar refractivity (Wildman–Crippen MR) is 79.8 cm³/mol. The van der Waals surface area contributed by atoms with Crippen molar-refractivity contribution in [1.29, 1.82) is 0 Å². The number of benzene rings is 1. The van der Waals surface area contributed by atoms with Crippen molar-refractivity contribution in [2.24, 2.45) is 0 Å². The number of halogens is 2. The number of anilines is 1. The third-order valence-electron chi connectivity index (χ3n) is 3.86. The third-order valence-corrected chi connectivity index (χ3v) is 4.26. The van der Waals surface area contributed by atoms with Crippen molar-refractivity contribution in [2.75, 3.05) is 5.32 Å². The van der Waals surface area contributed by atoms with Gasteiger partial charge in [0.1, 0.15) is 11.0 Å². The molecule has 0 aliphatic heterocycles. The number of nitrogens with zero attached hydrogens (tertiary/aromatic N) is 1. The van der Waals surface area contributed by atoms with E-state index in [2.05, 4.69) is 10.3 Å². The summed E-state index contributed by atoms with van der Waals surface area (Å²) in [5.41, 5.74) is 3.20. The molecular weight excluding hydrogens is 275 g/mol. The lowest BCUT2D eigenvalue weighted by atomic mass is 9.76. The minimum atomic E-state index is -0.175. The minimum absolute atomic E-state index is 0.175. The molecular formula is C16H16ClFN2. The maximum atomic E-state index is 12.9. The van der Waals surface area contributed by atoms with E-state index in [1.165, 1.54) is 17.7 Å². The molecule has 1 aromatic heterocycles. The Labute approximate surface area is 123 Å². The topological polar surface area (TPSA) is 24.9 Å². The van der Waals surface area contributed by atoms with Crippen LogP contribution in [-0.2, 0) is 0 Å².